The molecular formula is C24H30ClNO6. The molecule has 1 unspecified atom stereocenters. The molecule has 2 spiro atoms. The van der Waals surface area contributed by atoms with Crippen molar-refractivity contribution >= 4 is 23.2 Å². The van der Waals surface area contributed by atoms with Crippen LogP contribution in [0.15, 0.2) is 24.3 Å². The van der Waals surface area contributed by atoms with Crippen LogP contribution in [0.25, 0.3) is 0 Å². The van der Waals surface area contributed by atoms with Crippen LogP contribution in [0, 0.1) is 0 Å². The topological polar surface area (TPSA) is 75.3 Å². The highest BCUT2D eigenvalue weighted by molar-refractivity contribution is 6.30. The Bertz CT molecular complexity index is 851. The third-order valence-corrected chi connectivity index (χ3v) is 7.73. The van der Waals surface area contributed by atoms with E-state index in [0.29, 0.717) is 10.7 Å². The summed E-state index contributed by atoms with van der Waals surface area (Å²) in [4.78, 5) is 13.3. The number of hydrogen-bond donors (Lipinski definition) is 1. The first kappa shape index (κ1) is 21.3. The van der Waals surface area contributed by atoms with Gasteiger partial charge in [0.05, 0.1) is 0 Å². The predicted octanol–water partition coefficient (Wildman–Crippen LogP) is 4.52. The molecule has 5 atom stereocenters. The quantitative estimate of drug-likeness (QED) is 0.694. The van der Waals surface area contributed by atoms with E-state index < -0.39 is 36.2 Å². The van der Waals surface area contributed by atoms with E-state index in [1.54, 1.807) is 24.3 Å². The molecule has 2 saturated carbocycles. The molecule has 3 heterocycles. The van der Waals surface area contributed by atoms with Gasteiger partial charge in [0, 0.05) is 36.4 Å². The maximum absolute atomic E-state index is 13.3. The van der Waals surface area contributed by atoms with Gasteiger partial charge >= 0.3 is 0 Å². The summed E-state index contributed by atoms with van der Waals surface area (Å²) in [6.45, 7) is 0. The highest BCUT2D eigenvalue weighted by atomic mass is 35.5. The predicted molar refractivity (Wildman–Crippen MR) is 116 cm³/mol. The van der Waals surface area contributed by atoms with E-state index in [4.69, 9.17) is 35.3 Å². The number of carbonyl (C=O) groups is 1. The Hall–Kier alpha value is -1.22. The van der Waals surface area contributed by atoms with Crippen molar-refractivity contribution in [1.82, 2.24) is 0 Å². The van der Waals surface area contributed by atoms with Crippen molar-refractivity contribution in [3.63, 3.8) is 0 Å². The number of amides is 1. The Morgan fingerprint density at radius 1 is 0.781 bits per heavy atom. The number of benzene rings is 1. The summed E-state index contributed by atoms with van der Waals surface area (Å²) in [6.07, 6.45) is 7.13. The first-order valence-corrected chi connectivity index (χ1v) is 12.4. The number of carbonyl (C=O) groups excluding carboxylic acids is 1. The molecule has 1 aromatic carbocycles. The molecule has 3 saturated heterocycles. The SMILES string of the molecule is O=C(Nc1ccc(Cl)cc1)C1O[C@@H]2OC3(CCCCC3)O[C@@H]2[C@H]2OC3(CCCCC3)O[C@@H]12. The highest BCUT2D eigenvalue weighted by Crippen LogP contribution is 2.51. The summed E-state index contributed by atoms with van der Waals surface area (Å²) >= 11 is 5.98. The van der Waals surface area contributed by atoms with Gasteiger partial charge in [0.2, 0.25) is 0 Å². The van der Waals surface area contributed by atoms with Crippen LogP contribution < -0.4 is 5.32 Å². The molecule has 1 amide bonds. The van der Waals surface area contributed by atoms with Gasteiger partial charge in [-0.1, -0.05) is 24.4 Å². The molecule has 0 aromatic heterocycles. The molecular weight excluding hydrogens is 434 g/mol. The van der Waals surface area contributed by atoms with Gasteiger partial charge in [0.15, 0.2) is 24.0 Å². The van der Waals surface area contributed by atoms with Crippen molar-refractivity contribution < 1.29 is 28.5 Å². The van der Waals surface area contributed by atoms with E-state index in [2.05, 4.69) is 5.32 Å². The molecule has 5 aliphatic rings. The Labute approximate surface area is 193 Å². The van der Waals surface area contributed by atoms with E-state index in [0.717, 1.165) is 51.4 Å². The fourth-order valence-corrected chi connectivity index (χ4v) is 6.04. The van der Waals surface area contributed by atoms with Crippen LogP contribution in [0.1, 0.15) is 64.2 Å². The van der Waals surface area contributed by atoms with E-state index in [9.17, 15) is 4.79 Å². The van der Waals surface area contributed by atoms with Gasteiger partial charge in [0.1, 0.15) is 18.3 Å². The van der Waals surface area contributed by atoms with Gasteiger partial charge in [-0.15, -0.1) is 0 Å². The zero-order valence-electron chi connectivity index (χ0n) is 18.1. The van der Waals surface area contributed by atoms with Gasteiger partial charge in [-0.3, -0.25) is 4.79 Å². The van der Waals surface area contributed by atoms with Crippen molar-refractivity contribution in [3.05, 3.63) is 29.3 Å². The average molecular weight is 464 g/mol. The Morgan fingerprint density at radius 2 is 1.34 bits per heavy atom. The summed E-state index contributed by atoms with van der Waals surface area (Å²) < 4.78 is 32.2. The smallest absolute Gasteiger partial charge is 0.256 e. The van der Waals surface area contributed by atoms with Crippen LogP contribution >= 0.6 is 11.6 Å². The van der Waals surface area contributed by atoms with E-state index in [1.165, 1.54) is 12.8 Å². The van der Waals surface area contributed by atoms with Gasteiger partial charge in [-0.25, -0.2) is 0 Å². The molecule has 5 fully saturated rings. The molecule has 2 aliphatic carbocycles. The van der Waals surface area contributed by atoms with Crippen LogP contribution in [-0.4, -0.2) is 48.2 Å². The van der Waals surface area contributed by atoms with Crippen molar-refractivity contribution in [2.24, 2.45) is 0 Å². The average Bonchev–Trinajstić information content (AvgIpc) is 3.33. The normalized spacial score (nSPS) is 37.2. The molecule has 7 nitrogen and oxygen atoms in total. The van der Waals surface area contributed by atoms with Gasteiger partial charge in [-0.05, 0) is 49.9 Å². The number of nitrogens with one attached hydrogen (secondary N) is 1. The van der Waals surface area contributed by atoms with Gasteiger partial charge < -0.3 is 29.0 Å². The molecule has 32 heavy (non-hydrogen) atoms. The third kappa shape index (κ3) is 3.77. The second-order valence-electron chi connectivity index (χ2n) is 9.73. The summed E-state index contributed by atoms with van der Waals surface area (Å²) in [5.41, 5.74) is 0.653. The minimum absolute atomic E-state index is 0.273. The third-order valence-electron chi connectivity index (χ3n) is 7.48. The van der Waals surface area contributed by atoms with Crippen molar-refractivity contribution in [2.45, 2.75) is 106 Å². The van der Waals surface area contributed by atoms with Crippen molar-refractivity contribution in [2.75, 3.05) is 5.32 Å². The monoisotopic (exact) mass is 463 g/mol. The summed E-state index contributed by atoms with van der Waals surface area (Å²) in [6, 6.07) is 7.02. The largest absolute Gasteiger partial charge is 0.341 e. The maximum Gasteiger partial charge on any atom is 0.256 e. The molecule has 8 heteroatoms. The van der Waals surface area contributed by atoms with E-state index in [-0.39, 0.29) is 12.0 Å². The fraction of sp³-hybridized carbons (Fsp3) is 0.708. The number of hydrogen-bond acceptors (Lipinski definition) is 6. The zero-order chi connectivity index (χ0) is 21.8. The Kier molecular flexibility index (Phi) is 5.48. The van der Waals surface area contributed by atoms with Gasteiger partial charge in [0.25, 0.3) is 5.91 Å². The van der Waals surface area contributed by atoms with Crippen LogP contribution in [0.5, 0.6) is 0 Å². The minimum Gasteiger partial charge on any atom is -0.341 e. The summed E-state index contributed by atoms with van der Waals surface area (Å²) in [5.74, 6) is -1.56. The molecule has 6 rings (SSSR count). The minimum atomic E-state index is -0.847. The highest BCUT2D eigenvalue weighted by Gasteiger charge is 2.65. The maximum atomic E-state index is 13.3. The van der Waals surface area contributed by atoms with Crippen LogP contribution in [-0.2, 0) is 28.5 Å². The zero-order valence-corrected chi connectivity index (χ0v) is 18.9. The number of halogens is 1. The molecule has 1 aromatic rings. The standard InChI is InChI=1S/C24H30ClNO6/c25-15-7-9-16(10-8-15)26-21(27)19-17-18(30-23(29-17)11-3-1-4-12-23)20-22(28-19)32-24(31-20)13-5-2-6-14-24/h7-10,17-20,22H,1-6,11-14H2,(H,26,27)/t17-,18+,19?,20-,22-/m1/s1. The first-order valence-electron chi connectivity index (χ1n) is 12.0. The molecule has 1 N–H and O–H groups in total. The first-order chi connectivity index (χ1) is 15.5. The summed E-state index contributed by atoms with van der Waals surface area (Å²) in [5, 5.41) is 3.55. The fourth-order valence-electron chi connectivity index (χ4n) is 5.92. The number of anilines is 1. The lowest BCUT2D eigenvalue weighted by Crippen LogP contribution is -2.58. The van der Waals surface area contributed by atoms with E-state index >= 15 is 0 Å². The summed E-state index contributed by atoms with van der Waals surface area (Å²) in [7, 11) is 0. The number of ether oxygens (including phenoxy) is 5. The number of fused-ring (bicyclic) bond motifs is 3. The lowest BCUT2D eigenvalue weighted by Gasteiger charge is -2.36. The van der Waals surface area contributed by atoms with Crippen LogP contribution in [0.3, 0.4) is 0 Å². The Balaban J connectivity index is 1.27. The lowest BCUT2D eigenvalue weighted by atomic mass is 9.94. The number of rotatable bonds is 2. The lowest BCUT2D eigenvalue weighted by molar-refractivity contribution is -0.246. The second-order valence-corrected chi connectivity index (χ2v) is 10.2. The van der Waals surface area contributed by atoms with Crippen LogP contribution in [0.2, 0.25) is 5.02 Å². The van der Waals surface area contributed by atoms with Gasteiger partial charge in [-0.2, -0.15) is 0 Å². The van der Waals surface area contributed by atoms with Crippen molar-refractivity contribution in [3.8, 4) is 0 Å². The molecule has 174 valence electrons. The Morgan fingerprint density at radius 3 is 2.00 bits per heavy atom. The van der Waals surface area contributed by atoms with Crippen LogP contribution in [0.4, 0.5) is 5.69 Å². The van der Waals surface area contributed by atoms with Crippen molar-refractivity contribution in [1.29, 1.82) is 0 Å². The molecule has 3 aliphatic heterocycles. The molecule has 0 radical (unpaired) electrons. The van der Waals surface area contributed by atoms with E-state index in [1.807, 2.05) is 0 Å². The second kappa shape index (κ2) is 8.22. The molecule has 0 bridgehead atoms.